The van der Waals surface area contributed by atoms with Gasteiger partial charge in [-0.05, 0) is 46.3 Å². The van der Waals surface area contributed by atoms with Crippen molar-refractivity contribution >= 4 is 45.0 Å². The first kappa shape index (κ1) is 12.7. The molecule has 0 spiro atoms. The van der Waals surface area contributed by atoms with Gasteiger partial charge in [-0.2, -0.15) is 0 Å². The third kappa shape index (κ3) is 3.63. The number of halogens is 2. The smallest absolute Gasteiger partial charge is 0.129 e. The summed E-state index contributed by atoms with van der Waals surface area (Å²) >= 11 is 11.0. The normalized spacial score (nSPS) is 10.5. The van der Waals surface area contributed by atoms with E-state index < -0.39 is 0 Å². The van der Waals surface area contributed by atoms with Crippen LogP contribution in [0.15, 0.2) is 45.8 Å². The number of benzene rings is 1. The lowest BCUT2D eigenvalue weighted by atomic mass is 10.3. The average Bonchev–Trinajstić information content (AvgIpc) is 2.28. The zero-order valence-electron chi connectivity index (χ0n) is 8.86. The number of aromatic nitrogens is 1. The Hall–Kier alpha value is -0.710. The highest BCUT2D eigenvalue weighted by molar-refractivity contribution is 9.10. The molecular weight excluding hydrogens is 320 g/mol. The monoisotopic (exact) mass is 328 g/mol. The largest absolute Gasteiger partial charge is 0.399 e. The minimum atomic E-state index is 0.527. The summed E-state index contributed by atoms with van der Waals surface area (Å²) in [6.45, 7) is 0. The standard InChI is InChI=1S/C12H10BrClN2S/c13-10-6-8(15)4-5-11(10)17-7-9-2-1-3-12(14)16-9/h1-6H,7,15H2. The number of nitrogens with two attached hydrogens (primary N) is 1. The molecule has 1 aromatic carbocycles. The lowest BCUT2D eigenvalue weighted by Crippen LogP contribution is -1.88. The molecule has 0 amide bonds. The van der Waals surface area contributed by atoms with Crippen LogP contribution in [0.3, 0.4) is 0 Å². The predicted molar refractivity (Wildman–Crippen MR) is 77.4 cm³/mol. The average molecular weight is 330 g/mol. The van der Waals surface area contributed by atoms with Gasteiger partial charge in [-0.15, -0.1) is 11.8 Å². The first-order chi connectivity index (χ1) is 8.15. The zero-order valence-corrected chi connectivity index (χ0v) is 12.0. The molecule has 0 saturated heterocycles. The van der Waals surface area contributed by atoms with Gasteiger partial charge < -0.3 is 5.73 Å². The number of hydrogen-bond donors (Lipinski definition) is 1. The molecular formula is C12H10BrClN2S. The molecule has 2 N–H and O–H groups in total. The summed E-state index contributed by atoms with van der Waals surface area (Å²) in [5.41, 5.74) is 7.40. The van der Waals surface area contributed by atoms with E-state index in [0.717, 1.165) is 26.5 Å². The SMILES string of the molecule is Nc1ccc(SCc2cccc(Cl)n2)c(Br)c1. The van der Waals surface area contributed by atoms with Crippen LogP contribution < -0.4 is 5.73 Å². The molecule has 1 heterocycles. The Morgan fingerprint density at radius 3 is 2.82 bits per heavy atom. The Kier molecular flexibility index (Phi) is 4.31. The van der Waals surface area contributed by atoms with Gasteiger partial charge in [-0.1, -0.05) is 17.7 Å². The van der Waals surface area contributed by atoms with Crippen LogP contribution in [0.5, 0.6) is 0 Å². The number of nitrogens with zero attached hydrogens (tertiary/aromatic N) is 1. The van der Waals surface area contributed by atoms with Crippen LogP contribution in [0.1, 0.15) is 5.69 Å². The van der Waals surface area contributed by atoms with E-state index in [4.69, 9.17) is 17.3 Å². The molecule has 0 aliphatic heterocycles. The molecule has 17 heavy (non-hydrogen) atoms. The molecule has 0 fully saturated rings. The van der Waals surface area contributed by atoms with E-state index in [1.807, 2.05) is 30.3 Å². The quantitative estimate of drug-likeness (QED) is 0.516. The van der Waals surface area contributed by atoms with Crippen LogP contribution in [0.4, 0.5) is 5.69 Å². The van der Waals surface area contributed by atoms with Crippen molar-refractivity contribution in [1.29, 1.82) is 0 Å². The van der Waals surface area contributed by atoms with Gasteiger partial charge in [0, 0.05) is 20.8 Å². The number of thioether (sulfide) groups is 1. The number of pyridine rings is 1. The summed E-state index contributed by atoms with van der Waals surface area (Å²) in [5, 5.41) is 0.527. The van der Waals surface area contributed by atoms with Crippen molar-refractivity contribution in [3.05, 3.63) is 51.7 Å². The van der Waals surface area contributed by atoms with Crippen molar-refractivity contribution in [1.82, 2.24) is 4.98 Å². The van der Waals surface area contributed by atoms with Crippen LogP contribution in [-0.2, 0) is 5.75 Å². The maximum absolute atomic E-state index is 5.83. The second-order valence-electron chi connectivity index (χ2n) is 3.43. The lowest BCUT2D eigenvalue weighted by molar-refractivity contribution is 1.17. The van der Waals surface area contributed by atoms with Crippen molar-refractivity contribution < 1.29 is 0 Å². The van der Waals surface area contributed by atoms with E-state index >= 15 is 0 Å². The molecule has 2 aromatic rings. The topological polar surface area (TPSA) is 38.9 Å². The number of anilines is 1. The second-order valence-corrected chi connectivity index (χ2v) is 5.69. The fourth-order valence-electron chi connectivity index (χ4n) is 1.32. The Morgan fingerprint density at radius 2 is 2.12 bits per heavy atom. The molecule has 88 valence electrons. The van der Waals surface area contributed by atoms with Crippen LogP contribution in [0.2, 0.25) is 5.15 Å². The van der Waals surface area contributed by atoms with Crippen molar-refractivity contribution in [3.63, 3.8) is 0 Å². The number of hydrogen-bond acceptors (Lipinski definition) is 3. The van der Waals surface area contributed by atoms with Crippen LogP contribution in [-0.4, -0.2) is 4.98 Å². The Morgan fingerprint density at radius 1 is 1.29 bits per heavy atom. The van der Waals surface area contributed by atoms with Gasteiger partial charge in [-0.25, -0.2) is 4.98 Å². The summed E-state index contributed by atoms with van der Waals surface area (Å²) in [4.78, 5) is 5.38. The summed E-state index contributed by atoms with van der Waals surface area (Å²) in [6.07, 6.45) is 0. The molecule has 2 rings (SSSR count). The summed E-state index contributed by atoms with van der Waals surface area (Å²) < 4.78 is 1.00. The summed E-state index contributed by atoms with van der Waals surface area (Å²) in [6, 6.07) is 11.4. The maximum Gasteiger partial charge on any atom is 0.129 e. The fourth-order valence-corrected chi connectivity index (χ4v) is 3.06. The first-order valence-corrected chi connectivity index (χ1v) is 7.10. The van der Waals surface area contributed by atoms with Crippen LogP contribution >= 0.6 is 39.3 Å². The molecule has 0 unspecified atom stereocenters. The third-order valence-corrected chi connectivity index (χ3v) is 4.34. The van der Waals surface area contributed by atoms with Crippen LogP contribution in [0.25, 0.3) is 0 Å². The van der Waals surface area contributed by atoms with Gasteiger partial charge in [0.05, 0.1) is 5.69 Å². The molecule has 0 atom stereocenters. The zero-order chi connectivity index (χ0) is 12.3. The molecule has 5 heteroatoms. The van der Waals surface area contributed by atoms with Gasteiger partial charge >= 0.3 is 0 Å². The van der Waals surface area contributed by atoms with Crippen molar-refractivity contribution in [3.8, 4) is 0 Å². The van der Waals surface area contributed by atoms with Gasteiger partial charge in [0.15, 0.2) is 0 Å². The van der Waals surface area contributed by atoms with Gasteiger partial charge in [0.2, 0.25) is 0 Å². The van der Waals surface area contributed by atoms with E-state index in [1.165, 1.54) is 0 Å². The molecule has 0 aliphatic rings. The van der Waals surface area contributed by atoms with Gasteiger partial charge in [-0.3, -0.25) is 0 Å². The molecule has 0 bridgehead atoms. The highest BCUT2D eigenvalue weighted by Gasteiger charge is 2.03. The Bertz CT molecular complexity index is 534. The summed E-state index contributed by atoms with van der Waals surface area (Å²) in [7, 11) is 0. The van der Waals surface area contributed by atoms with Crippen molar-refractivity contribution in [2.24, 2.45) is 0 Å². The maximum atomic E-state index is 5.83. The Balaban J connectivity index is 2.07. The van der Waals surface area contributed by atoms with Crippen molar-refractivity contribution in [2.75, 3.05) is 5.73 Å². The summed E-state index contributed by atoms with van der Waals surface area (Å²) in [5.74, 6) is 0.781. The lowest BCUT2D eigenvalue weighted by Gasteiger charge is -2.05. The van der Waals surface area contributed by atoms with Gasteiger partial charge in [0.1, 0.15) is 5.15 Å². The highest BCUT2D eigenvalue weighted by atomic mass is 79.9. The van der Waals surface area contributed by atoms with E-state index in [1.54, 1.807) is 17.8 Å². The minimum absolute atomic E-state index is 0.527. The van der Waals surface area contributed by atoms with Gasteiger partial charge in [0.25, 0.3) is 0 Å². The van der Waals surface area contributed by atoms with E-state index in [2.05, 4.69) is 20.9 Å². The Labute approximate surface area is 118 Å². The molecule has 0 radical (unpaired) electrons. The third-order valence-electron chi connectivity index (χ3n) is 2.10. The fraction of sp³-hybridized carbons (Fsp3) is 0.0833. The minimum Gasteiger partial charge on any atom is -0.399 e. The predicted octanol–water partition coefficient (Wildman–Crippen LogP) is 4.37. The van der Waals surface area contributed by atoms with Crippen LogP contribution in [0, 0.1) is 0 Å². The van der Waals surface area contributed by atoms with E-state index in [-0.39, 0.29) is 0 Å². The second kappa shape index (κ2) is 5.76. The molecule has 0 saturated carbocycles. The van der Waals surface area contributed by atoms with E-state index in [9.17, 15) is 0 Å². The van der Waals surface area contributed by atoms with Crippen molar-refractivity contribution in [2.45, 2.75) is 10.6 Å². The number of rotatable bonds is 3. The highest BCUT2D eigenvalue weighted by Crippen LogP contribution is 2.31. The molecule has 0 aliphatic carbocycles. The van der Waals surface area contributed by atoms with E-state index in [0.29, 0.717) is 5.15 Å². The first-order valence-electron chi connectivity index (χ1n) is 4.94. The number of nitrogen functional groups attached to an aromatic ring is 1. The molecule has 2 nitrogen and oxygen atoms in total. The molecule has 1 aromatic heterocycles.